The van der Waals surface area contributed by atoms with E-state index in [1.807, 2.05) is 54.1 Å². The zero-order valence-electron chi connectivity index (χ0n) is 15.2. The van der Waals surface area contributed by atoms with Crippen molar-refractivity contribution in [2.45, 2.75) is 13.1 Å². The van der Waals surface area contributed by atoms with Gasteiger partial charge in [0.05, 0.1) is 6.54 Å². The SMILES string of the molecule is CN=C(NCc1nncn1-c1ccccc1)N(C)Cc1ccc(Br)cc1.I. The second kappa shape index (κ2) is 10.4. The van der Waals surface area contributed by atoms with Gasteiger partial charge in [-0.2, -0.15) is 0 Å². The first-order valence-corrected chi connectivity index (χ1v) is 9.07. The summed E-state index contributed by atoms with van der Waals surface area (Å²) in [6.45, 7) is 1.30. The fourth-order valence-corrected chi connectivity index (χ4v) is 2.93. The molecule has 0 atom stereocenters. The average molecular weight is 541 g/mol. The predicted molar refractivity (Wildman–Crippen MR) is 123 cm³/mol. The molecule has 0 aliphatic rings. The van der Waals surface area contributed by atoms with Gasteiger partial charge >= 0.3 is 0 Å². The van der Waals surface area contributed by atoms with E-state index in [-0.39, 0.29) is 24.0 Å². The van der Waals surface area contributed by atoms with Crippen molar-refractivity contribution in [3.05, 3.63) is 76.8 Å². The summed E-state index contributed by atoms with van der Waals surface area (Å²) in [6, 6.07) is 18.3. The smallest absolute Gasteiger partial charge is 0.194 e. The lowest BCUT2D eigenvalue weighted by Crippen LogP contribution is -2.38. The van der Waals surface area contributed by atoms with Crippen LogP contribution in [0.25, 0.3) is 5.69 Å². The lowest BCUT2D eigenvalue weighted by Gasteiger charge is -2.22. The maximum Gasteiger partial charge on any atom is 0.194 e. The summed E-state index contributed by atoms with van der Waals surface area (Å²) < 4.78 is 3.04. The molecule has 27 heavy (non-hydrogen) atoms. The van der Waals surface area contributed by atoms with Gasteiger partial charge in [0.1, 0.15) is 6.33 Å². The lowest BCUT2D eigenvalue weighted by molar-refractivity contribution is 0.475. The maximum absolute atomic E-state index is 4.37. The number of para-hydroxylation sites is 1. The first-order valence-electron chi connectivity index (χ1n) is 8.28. The number of rotatable bonds is 5. The fraction of sp³-hybridized carbons (Fsp3) is 0.211. The van der Waals surface area contributed by atoms with Crippen molar-refractivity contribution in [2.75, 3.05) is 14.1 Å². The molecule has 3 rings (SSSR count). The topological polar surface area (TPSA) is 58.3 Å². The monoisotopic (exact) mass is 540 g/mol. The molecule has 0 aliphatic heterocycles. The molecule has 2 aromatic carbocycles. The molecule has 0 saturated heterocycles. The molecule has 1 aromatic heterocycles. The Labute approximate surface area is 184 Å². The molecule has 1 N–H and O–H groups in total. The first-order chi connectivity index (χ1) is 12.7. The van der Waals surface area contributed by atoms with E-state index in [0.29, 0.717) is 6.54 Å². The molecule has 0 spiro atoms. The Bertz CT molecular complexity index is 863. The van der Waals surface area contributed by atoms with E-state index in [0.717, 1.165) is 28.5 Å². The third-order valence-corrected chi connectivity index (χ3v) is 4.49. The molecule has 0 amide bonds. The summed E-state index contributed by atoms with van der Waals surface area (Å²) in [5.74, 6) is 1.63. The van der Waals surface area contributed by atoms with Crippen molar-refractivity contribution < 1.29 is 0 Å². The van der Waals surface area contributed by atoms with Crippen LogP contribution in [0.4, 0.5) is 0 Å². The van der Waals surface area contributed by atoms with Gasteiger partial charge in [0.25, 0.3) is 0 Å². The van der Waals surface area contributed by atoms with Crippen molar-refractivity contribution in [3.63, 3.8) is 0 Å². The molecule has 142 valence electrons. The summed E-state index contributed by atoms with van der Waals surface area (Å²) in [5, 5.41) is 11.6. The van der Waals surface area contributed by atoms with E-state index in [1.165, 1.54) is 5.56 Å². The Morgan fingerprint density at radius 1 is 1.15 bits per heavy atom. The van der Waals surface area contributed by atoms with Crippen LogP contribution in [-0.4, -0.2) is 39.7 Å². The quantitative estimate of drug-likeness (QED) is 0.303. The Morgan fingerprint density at radius 2 is 1.85 bits per heavy atom. The Hall–Kier alpha value is -1.94. The Balaban J connectivity index is 0.00000261. The van der Waals surface area contributed by atoms with Gasteiger partial charge in [-0.05, 0) is 29.8 Å². The Kier molecular flexibility index (Phi) is 8.23. The van der Waals surface area contributed by atoms with Gasteiger partial charge in [-0.3, -0.25) is 9.56 Å². The number of benzene rings is 2. The highest BCUT2D eigenvalue weighted by molar-refractivity contribution is 14.0. The van der Waals surface area contributed by atoms with Crippen molar-refractivity contribution in [3.8, 4) is 5.69 Å². The molecular formula is C19H22BrIN6. The average Bonchev–Trinajstić information content (AvgIpc) is 3.13. The largest absolute Gasteiger partial charge is 0.349 e. The van der Waals surface area contributed by atoms with Crippen molar-refractivity contribution in [2.24, 2.45) is 4.99 Å². The highest BCUT2D eigenvalue weighted by Crippen LogP contribution is 2.12. The highest BCUT2D eigenvalue weighted by Gasteiger charge is 2.10. The van der Waals surface area contributed by atoms with Crippen molar-refractivity contribution >= 4 is 45.9 Å². The van der Waals surface area contributed by atoms with E-state index >= 15 is 0 Å². The van der Waals surface area contributed by atoms with Gasteiger partial charge in [-0.25, -0.2) is 0 Å². The van der Waals surface area contributed by atoms with Gasteiger partial charge in [0.2, 0.25) is 0 Å². The molecule has 6 nitrogen and oxygen atoms in total. The number of nitrogens with zero attached hydrogens (tertiary/aromatic N) is 5. The normalized spacial score (nSPS) is 11.0. The number of guanidine groups is 1. The summed E-state index contributed by atoms with van der Waals surface area (Å²) in [6.07, 6.45) is 1.72. The summed E-state index contributed by atoms with van der Waals surface area (Å²) in [4.78, 5) is 6.44. The number of hydrogen-bond donors (Lipinski definition) is 1. The molecule has 0 radical (unpaired) electrons. The van der Waals surface area contributed by atoms with Gasteiger partial charge in [0, 0.05) is 30.8 Å². The minimum atomic E-state index is 0. The van der Waals surface area contributed by atoms with Crippen LogP contribution < -0.4 is 5.32 Å². The van der Waals surface area contributed by atoms with Crippen LogP contribution in [0.15, 0.2) is 70.4 Å². The van der Waals surface area contributed by atoms with Crippen LogP contribution in [0.5, 0.6) is 0 Å². The number of halogens is 2. The van der Waals surface area contributed by atoms with Crippen LogP contribution in [0, 0.1) is 0 Å². The molecule has 0 fully saturated rings. The highest BCUT2D eigenvalue weighted by atomic mass is 127. The molecule has 0 saturated carbocycles. The van der Waals surface area contributed by atoms with Crippen LogP contribution in [0.2, 0.25) is 0 Å². The Morgan fingerprint density at radius 3 is 2.52 bits per heavy atom. The zero-order valence-corrected chi connectivity index (χ0v) is 19.1. The molecule has 3 aromatic rings. The van der Waals surface area contributed by atoms with Crippen LogP contribution in [0.3, 0.4) is 0 Å². The molecule has 8 heteroatoms. The molecule has 1 heterocycles. The standard InChI is InChI=1S/C19H21BrN6.HI/c1-21-19(25(2)13-15-8-10-16(20)11-9-15)22-12-18-24-23-14-26(18)17-6-4-3-5-7-17;/h3-11,14H,12-13H2,1-2H3,(H,21,22);1H. The second-order valence-electron chi connectivity index (χ2n) is 5.84. The summed E-state index contributed by atoms with van der Waals surface area (Å²) in [5.41, 5.74) is 2.25. The third kappa shape index (κ3) is 5.77. The molecule has 0 unspecified atom stereocenters. The molecular weight excluding hydrogens is 519 g/mol. The van der Waals surface area contributed by atoms with E-state index in [9.17, 15) is 0 Å². The fourth-order valence-electron chi connectivity index (χ4n) is 2.67. The predicted octanol–water partition coefficient (Wildman–Crippen LogP) is 3.86. The second-order valence-corrected chi connectivity index (χ2v) is 6.75. The van der Waals surface area contributed by atoms with Crippen molar-refractivity contribution in [1.82, 2.24) is 25.0 Å². The number of aromatic nitrogens is 3. The van der Waals surface area contributed by atoms with E-state index in [1.54, 1.807) is 13.4 Å². The van der Waals surface area contributed by atoms with E-state index in [2.05, 4.69) is 53.5 Å². The summed E-state index contributed by atoms with van der Waals surface area (Å²) >= 11 is 3.46. The van der Waals surface area contributed by atoms with Gasteiger partial charge in [0.15, 0.2) is 11.8 Å². The van der Waals surface area contributed by atoms with Crippen LogP contribution in [-0.2, 0) is 13.1 Å². The van der Waals surface area contributed by atoms with E-state index in [4.69, 9.17) is 0 Å². The van der Waals surface area contributed by atoms with Gasteiger partial charge in [-0.15, -0.1) is 34.2 Å². The number of hydrogen-bond acceptors (Lipinski definition) is 3. The van der Waals surface area contributed by atoms with E-state index < -0.39 is 0 Å². The van der Waals surface area contributed by atoms with Crippen LogP contribution in [0.1, 0.15) is 11.4 Å². The first kappa shape index (κ1) is 21.4. The number of nitrogens with one attached hydrogen (secondary N) is 1. The number of aliphatic imine (C=N–C) groups is 1. The maximum atomic E-state index is 4.37. The van der Waals surface area contributed by atoms with Crippen LogP contribution >= 0.6 is 39.9 Å². The molecule has 0 bridgehead atoms. The zero-order chi connectivity index (χ0) is 18.4. The minimum Gasteiger partial charge on any atom is -0.349 e. The van der Waals surface area contributed by atoms with Gasteiger partial charge in [-0.1, -0.05) is 46.3 Å². The lowest BCUT2D eigenvalue weighted by atomic mass is 10.2. The minimum absolute atomic E-state index is 0. The third-order valence-electron chi connectivity index (χ3n) is 3.96. The molecule has 0 aliphatic carbocycles. The summed E-state index contributed by atoms with van der Waals surface area (Å²) in [7, 11) is 3.79. The van der Waals surface area contributed by atoms with Crippen molar-refractivity contribution in [1.29, 1.82) is 0 Å². The van der Waals surface area contributed by atoms with Gasteiger partial charge < -0.3 is 10.2 Å².